The van der Waals surface area contributed by atoms with Crippen LogP contribution in [-0.2, 0) is 16.0 Å². The highest BCUT2D eigenvalue weighted by Gasteiger charge is 2.26. The van der Waals surface area contributed by atoms with E-state index in [9.17, 15) is 9.59 Å². The van der Waals surface area contributed by atoms with Gasteiger partial charge in [0.2, 0.25) is 5.91 Å². The second-order valence-electron chi connectivity index (χ2n) is 7.56. The Kier molecular flexibility index (Phi) is 8.05. The second kappa shape index (κ2) is 11.2. The number of amides is 2. The maximum absolute atomic E-state index is 13.1. The molecule has 0 fully saturated rings. The van der Waals surface area contributed by atoms with Crippen molar-refractivity contribution in [3.63, 3.8) is 0 Å². The molecule has 3 aromatic rings. The zero-order valence-corrected chi connectivity index (χ0v) is 18.2. The van der Waals surface area contributed by atoms with Crippen LogP contribution in [0.4, 0.5) is 0 Å². The van der Waals surface area contributed by atoms with Crippen molar-refractivity contribution < 1.29 is 14.3 Å². The van der Waals surface area contributed by atoms with E-state index in [2.05, 4.69) is 5.32 Å². The minimum absolute atomic E-state index is 0.117. The second-order valence-corrected chi connectivity index (χ2v) is 7.56. The number of nitrogens with zero attached hydrogens (tertiary/aromatic N) is 1. The molecular formula is C26H30N2O3. The van der Waals surface area contributed by atoms with E-state index in [1.807, 2.05) is 79.7 Å². The van der Waals surface area contributed by atoms with E-state index in [4.69, 9.17) is 4.74 Å². The zero-order valence-electron chi connectivity index (χ0n) is 18.2. The Morgan fingerprint density at radius 2 is 1.68 bits per heavy atom. The van der Waals surface area contributed by atoms with E-state index in [1.54, 1.807) is 11.8 Å². The highest BCUT2D eigenvalue weighted by molar-refractivity contribution is 5.90. The van der Waals surface area contributed by atoms with Gasteiger partial charge in [0.05, 0.1) is 0 Å². The Hall–Kier alpha value is -3.34. The van der Waals surface area contributed by atoms with Crippen LogP contribution in [0.25, 0.3) is 10.8 Å². The largest absolute Gasteiger partial charge is 0.483 e. The predicted molar refractivity (Wildman–Crippen MR) is 124 cm³/mol. The molecule has 0 aromatic heterocycles. The number of nitrogens with one attached hydrogen (secondary N) is 1. The topological polar surface area (TPSA) is 58.6 Å². The minimum Gasteiger partial charge on any atom is -0.483 e. The highest BCUT2D eigenvalue weighted by atomic mass is 16.5. The molecule has 1 N–H and O–H groups in total. The number of hydrogen-bond acceptors (Lipinski definition) is 3. The predicted octanol–water partition coefficient (Wildman–Crippen LogP) is 4.20. The van der Waals surface area contributed by atoms with Gasteiger partial charge in [-0.2, -0.15) is 0 Å². The van der Waals surface area contributed by atoms with Gasteiger partial charge in [0, 0.05) is 18.5 Å². The first-order valence-corrected chi connectivity index (χ1v) is 10.8. The fourth-order valence-electron chi connectivity index (χ4n) is 3.51. The number of benzene rings is 3. The third kappa shape index (κ3) is 6.07. The van der Waals surface area contributed by atoms with Gasteiger partial charge in [0.1, 0.15) is 11.8 Å². The first kappa shape index (κ1) is 22.3. The van der Waals surface area contributed by atoms with E-state index in [0.717, 1.165) is 22.8 Å². The Labute approximate surface area is 184 Å². The smallest absolute Gasteiger partial charge is 0.261 e. The van der Waals surface area contributed by atoms with Gasteiger partial charge in [0.25, 0.3) is 5.91 Å². The van der Waals surface area contributed by atoms with E-state index >= 15 is 0 Å². The summed E-state index contributed by atoms with van der Waals surface area (Å²) in [4.78, 5) is 27.3. The van der Waals surface area contributed by atoms with Gasteiger partial charge < -0.3 is 15.0 Å². The maximum Gasteiger partial charge on any atom is 0.261 e. The van der Waals surface area contributed by atoms with Crippen LogP contribution < -0.4 is 10.1 Å². The summed E-state index contributed by atoms with van der Waals surface area (Å²) in [5, 5.41) is 4.91. The maximum atomic E-state index is 13.1. The fraction of sp³-hybridized carbons (Fsp3) is 0.308. The summed E-state index contributed by atoms with van der Waals surface area (Å²) in [6.45, 7) is 4.69. The van der Waals surface area contributed by atoms with E-state index in [1.165, 1.54) is 0 Å². The Balaban J connectivity index is 1.71. The number of rotatable bonds is 10. The lowest BCUT2D eigenvalue weighted by atomic mass is 10.1. The third-order valence-corrected chi connectivity index (χ3v) is 5.30. The van der Waals surface area contributed by atoms with Crippen molar-refractivity contribution in [2.24, 2.45) is 0 Å². The average Bonchev–Trinajstić information content (AvgIpc) is 2.81. The Bertz CT molecular complexity index is 998. The van der Waals surface area contributed by atoms with Gasteiger partial charge >= 0.3 is 0 Å². The zero-order chi connectivity index (χ0) is 22.1. The van der Waals surface area contributed by atoms with Crippen molar-refractivity contribution in [3.8, 4) is 5.75 Å². The SMILES string of the molecule is CCCNC(=O)[C@H](C)N(CCc1ccccc1)C(=O)COc1cccc2ccccc12. The number of ether oxygens (including phenoxy) is 1. The molecular weight excluding hydrogens is 388 g/mol. The monoisotopic (exact) mass is 418 g/mol. The minimum atomic E-state index is -0.570. The van der Waals surface area contributed by atoms with Crippen molar-refractivity contribution in [2.45, 2.75) is 32.7 Å². The lowest BCUT2D eigenvalue weighted by Gasteiger charge is -2.28. The number of carbonyl (C=O) groups is 2. The van der Waals surface area contributed by atoms with E-state index in [0.29, 0.717) is 25.3 Å². The van der Waals surface area contributed by atoms with Crippen LogP contribution >= 0.6 is 0 Å². The molecule has 5 heteroatoms. The lowest BCUT2D eigenvalue weighted by molar-refractivity contribution is -0.141. The van der Waals surface area contributed by atoms with Crippen LogP contribution in [0.5, 0.6) is 5.75 Å². The molecule has 0 saturated heterocycles. The number of fused-ring (bicyclic) bond motifs is 1. The summed E-state index contributed by atoms with van der Waals surface area (Å²) in [6.07, 6.45) is 1.52. The summed E-state index contributed by atoms with van der Waals surface area (Å²) in [5.74, 6) is 0.314. The molecule has 0 bridgehead atoms. The molecule has 0 aliphatic heterocycles. The summed E-state index contributed by atoms with van der Waals surface area (Å²) >= 11 is 0. The Morgan fingerprint density at radius 1 is 0.968 bits per heavy atom. The number of hydrogen-bond donors (Lipinski definition) is 1. The van der Waals surface area contributed by atoms with Gasteiger partial charge in [-0.3, -0.25) is 9.59 Å². The van der Waals surface area contributed by atoms with Crippen LogP contribution in [0.15, 0.2) is 72.8 Å². The first-order chi connectivity index (χ1) is 15.1. The molecule has 0 unspecified atom stereocenters. The summed E-state index contributed by atoms with van der Waals surface area (Å²) in [6, 6.07) is 23.1. The molecule has 31 heavy (non-hydrogen) atoms. The van der Waals surface area contributed by atoms with Crippen molar-refractivity contribution in [3.05, 3.63) is 78.4 Å². The van der Waals surface area contributed by atoms with Crippen LogP contribution in [0.2, 0.25) is 0 Å². The summed E-state index contributed by atoms with van der Waals surface area (Å²) in [5.41, 5.74) is 1.12. The molecule has 0 spiro atoms. The van der Waals surface area contributed by atoms with Crippen molar-refractivity contribution in [1.82, 2.24) is 10.2 Å². The molecule has 3 rings (SSSR count). The van der Waals surface area contributed by atoms with Crippen molar-refractivity contribution >= 4 is 22.6 Å². The van der Waals surface area contributed by atoms with Gasteiger partial charge in [0.15, 0.2) is 6.61 Å². The Morgan fingerprint density at radius 3 is 2.45 bits per heavy atom. The molecule has 2 amide bonds. The van der Waals surface area contributed by atoms with Crippen LogP contribution in [0.3, 0.4) is 0 Å². The summed E-state index contributed by atoms with van der Waals surface area (Å²) in [7, 11) is 0. The van der Waals surface area contributed by atoms with E-state index in [-0.39, 0.29) is 18.4 Å². The quantitative estimate of drug-likeness (QED) is 0.537. The normalized spacial score (nSPS) is 11.7. The van der Waals surface area contributed by atoms with Gasteiger partial charge in [-0.15, -0.1) is 0 Å². The molecule has 0 radical (unpaired) electrons. The van der Waals surface area contributed by atoms with E-state index < -0.39 is 6.04 Å². The van der Waals surface area contributed by atoms with Crippen molar-refractivity contribution in [1.29, 1.82) is 0 Å². The molecule has 0 aliphatic carbocycles. The van der Waals surface area contributed by atoms with Crippen LogP contribution in [-0.4, -0.2) is 42.5 Å². The standard InChI is InChI=1S/C26H30N2O3/c1-3-17-27-26(30)20(2)28(18-16-21-10-5-4-6-11-21)25(29)19-31-24-15-9-13-22-12-7-8-14-23(22)24/h4-15,20H,3,16-19H2,1-2H3,(H,27,30)/t20-/m0/s1. The summed E-state index contributed by atoms with van der Waals surface area (Å²) < 4.78 is 5.90. The molecule has 0 aliphatic rings. The van der Waals surface area contributed by atoms with Crippen LogP contribution in [0.1, 0.15) is 25.8 Å². The fourth-order valence-corrected chi connectivity index (χ4v) is 3.51. The van der Waals surface area contributed by atoms with Crippen molar-refractivity contribution in [2.75, 3.05) is 19.7 Å². The van der Waals surface area contributed by atoms with Gasteiger partial charge in [-0.05, 0) is 36.8 Å². The molecule has 3 aromatic carbocycles. The number of carbonyl (C=O) groups excluding carboxylic acids is 2. The van der Waals surface area contributed by atoms with Gasteiger partial charge in [-0.1, -0.05) is 73.7 Å². The average molecular weight is 419 g/mol. The van der Waals surface area contributed by atoms with Gasteiger partial charge in [-0.25, -0.2) is 0 Å². The molecule has 0 saturated carbocycles. The molecule has 162 valence electrons. The third-order valence-electron chi connectivity index (χ3n) is 5.30. The molecule has 1 atom stereocenters. The first-order valence-electron chi connectivity index (χ1n) is 10.8. The molecule has 0 heterocycles. The highest BCUT2D eigenvalue weighted by Crippen LogP contribution is 2.25. The lowest BCUT2D eigenvalue weighted by Crippen LogP contribution is -2.50. The molecule has 5 nitrogen and oxygen atoms in total. The van der Waals surface area contributed by atoms with Crippen LogP contribution in [0, 0.1) is 0 Å².